The second kappa shape index (κ2) is 5.98. The van der Waals surface area contributed by atoms with E-state index in [0.717, 1.165) is 38.7 Å². The number of rotatable bonds is 8. The molecule has 1 heterocycles. The molecule has 0 spiro atoms. The molecule has 0 saturated carbocycles. The largest absolute Gasteiger partial charge is 0.479 e. The van der Waals surface area contributed by atoms with Gasteiger partial charge in [0.1, 0.15) is 0 Å². The van der Waals surface area contributed by atoms with E-state index in [4.69, 9.17) is 14.9 Å². The van der Waals surface area contributed by atoms with Gasteiger partial charge in [-0.05, 0) is 12.8 Å². The average molecular weight is 202 g/mol. The van der Waals surface area contributed by atoms with Crippen molar-refractivity contribution in [3.8, 4) is 0 Å². The zero-order valence-corrected chi connectivity index (χ0v) is 8.32. The number of hydrogen-bond donors (Lipinski definition) is 2. The van der Waals surface area contributed by atoms with Crippen molar-refractivity contribution >= 4 is 5.97 Å². The van der Waals surface area contributed by atoms with Gasteiger partial charge in [0.05, 0.1) is 12.7 Å². The molecule has 0 radical (unpaired) electrons. The third-order valence-corrected chi connectivity index (χ3v) is 2.44. The summed E-state index contributed by atoms with van der Waals surface area (Å²) in [6.07, 6.45) is 4.86. The van der Waals surface area contributed by atoms with E-state index in [0.29, 0.717) is 12.5 Å². The van der Waals surface area contributed by atoms with Gasteiger partial charge in [-0.1, -0.05) is 25.7 Å². The first-order chi connectivity index (χ1) is 6.70. The van der Waals surface area contributed by atoms with Crippen LogP contribution in [0.3, 0.4) is 0 Å². The quantitative estimate of drug-likeness (QED) is 0.458. The van der Waals surface area contributed by atoms with Crippen LogP contribution in [-0.4, -0.2) is 35.0 Å². The number of aliphatic hydroxyl groups excluding tert-OH is 1. The highest BCUT2D eigenvalue weighted by Gasteiger charge is 2.20. The summed E-state index contributed by atoms with van der Waals surface area (Å²) in [4.78, 5) is 10.3. The fourth-order valence-corrected chi connectivity index (χ4v) is 1.42. The summed E-state index contributed by atoms with van der Waals surface area (Å²) in [5.74, 6) is -1.11. The fourth-order valence-electron chi connectivity index (χ4n) is 1.42. The van der Waals surface area contributed by atoms with Crippen LogP contribution in [0.5, 0.6) is 0 Å². The van der Waals surface area contributed by atoms with Gasteiger partial charge >= 0.3 is 5.97 Å². The van der Waals surface area contributed by atoms with Crippen LogP contribution in [0.15, 0.2) is 0 Å². The van der Waals surface area contributed by atoms with Crippen LogP contribution in [0.2, 0.25) is 0 Å². The van der Waals surface area contributed by atoms with Crippen LogP contribution in [-0.2, 0) is 9.53 Å². The molecule has 2 N–H and O–H groups in total. The van der Waals surface area contributed by atoms with Crippen molar-refractivity contribution in [1.82, 2.24) is 0 Å². The first kappa shape index (κ1) is 11.5. The molecule has 1 rings (SSSR count). The number of hydrogen-bond acceptors (Lipinski definition) is 3. The van der Waals surface area contributed by atoms with Crippen LogP contribution in [0.4, 0.5) is 0 Å². The number of carbonyl (C=O) groups is 1. The van der Waals surface area contributed by atoms with E-state index in [2.05, 4.69) is 0 Å². The van der Waals surface area contributed by atoms with E-state index in [-0.39, 0.29) is 0 Å². The Morgan fingerprint density at radius 2 is 2.00 bits per heavy atom. The van der Waals surface area contributed by atoms with Gasteiger partial charge in [0.2, 0.25) is 0 Å². The molecular weight excluding hydrogens is 184 g/mol. The number of carboxylic acid groups (broad SMARTS) is 1. The normalized spacial score (nSPS) is 21.9. The highest BCUT2D eigenvalue weighted by Crippen LogP contribution is 2.17. The van der Waals surface area contributed by atoms with E-state index >= 15 is 0 Å². The predicted molar refractivity (Wildman–Crippen MR) is 51.1 cm³/mol. The Morgan fingerprint density at radius 1 is 1.36 bits per heavy atom. The number of ether oxygens (including phenoxy) is 1. The standard InChI is InChI=1S/C10H18O4/c11-9(10(12)13)6-4-2-1-3-5-8-7-14-8/h8-9,11H,1-7H2,(H,12,13). The smallest absolute Gasteiger partial charge is 0.332 e. The molecule has 0 aromatic heterocycles. The number of aliphatic hydroxyl groups is 1. The van der Waals surface area contributed by atoms with Crippen LogP contribution in [0.1, 0.15) is 38.5 Å². The Labute approximate surface area is 83.9 Å². The minimum atomic E-state index is -1.18. The Bertz CT molecular complexity index is 177. The fraction of sp³-hybridized carbons (Fsp3) is 0.900. The van der Waals surface area contributed by atoms with Crippen molar-refractivity contribution < 1.29 is 19.7 Å². The molecule has 0 aromatic rings. The molecule has 2 unspecified atom stereocenters. The molecule has 0 amide bonds. The lowest BCUT2D eigenvalue weighted by Gasteiger charge is -2.04. The molecule has 1 aliphatic heterocycles. The first-order valence-electron chi connectivity index (χ1n) is 5.22. The summed E-state index contributed by atoms with van der Waals surface area (Å²) >= 11 is 0. The zero-order chi connectivity index (χ0) is 10.4. The lowest BCUT2D eigenvalue weighted by molar-refractivity contribution is -0.146. The predicted octanol–water partition coefficient (Wildman–Crippen LogP) is 1.17. The van der Waals surface area contributed by atoms with Crippen molar-refractivity contribution in [2.24, 2.45) is 0 Å². The molecule has 2 atom stereocenters. The average Bonchev–Trinajstić information content (AvgIpc) is 2.94. The summed E-state index contributed by atoms with van der Waals surface area (Å²) in [5, 5.41) is 17.4. The Kier molecular flexibility index (Phi) is 4.90. The number of unbranched alkanes of at least 4 members (excludes halogenated alkanes) is 3. The third kappa shape index (κ3) is 5.19. The molecule has 14 heavy (non-hydrogen) atoms. The van der Waals surface area contributed by atoms with Gasteiger partial charge in [0, 0.05) is 0 Å². The Balaban J connectivity index is 1.80. The van der Waals surface area contributed by atoms with Gasteiger partial charge in [-0.2, -0.15) is 0 Å². The minimum Gasteiger partial charge on any atom is -0.479 e. The number of carboxylic acids is 1. The summed E-state index contributed by atoms with van der Waals surface area (Å²) in [6.45, 7) is 0.914. The molecule has 4 nitrogen and oxygen atoms in total. The summed E-state index contributed by atoms with van der Waals surface area (Å²) in [5.41, 5.74) is 0. The van der Waals surface area contributed by atoms with Crippen LogP contribution in [0.25, 0.3) is 0 Å². The minimum absolute atomic E-state index is 0.370. The molecule has 0 aromatic carbocycles. The molecule has 4 heteroatoms. The van der Waals surface area contributed by atoms with Crippen LogP contribution in [0, 0.1) is 0 Å². The van der Waals surface area contributed by atoms with Crippen LogP contribution < -0.4 is 0 Å². The van der Waals surface area contributed by atoms with Crippen LogP contribution >= 0.6 is 0 Å². The molecule has 1 fully saturated rings. The van der Waals surface area contributed by atoms with Gasteiger partial charge in [0.25, 0.3) is 0 Å². The van der Waals surface area contributed by atoms with E-state index in [9.17, 15) is 4.79 Å². The van der Waals surface area contributed by atoms with E-state index in [1.807, 2.05) is 0 Å². The number of aliphatic carboxylic acids is 1. The lowest BCUT2D eigenvalue weighted by atomic mass is 10.1. The highest BCUT2D eigenvalue weighted by atomic mass is 16.6. The van der Waals surface area contributed by atoms with Gasteiger partial charge in [-0.25, -0.2) is 4.79 Å². The second-order valence-corrected chi connectivity index (χ2v) is 3.80. The molecule has 0 bridgehead atoms. The van der Waals surface area contributed by atoms with E-state index in [1.54, 1.807) is 0 Å². The topological polar surface area (TPSA) is 70.1 Å². The third-order valence-electron chi connectivity index (χ3n) is 2.44. The molecule has 0 aliphatic carbocycles. The van der Waals surface area contributed by atoms with Gasteiger partial charge < -0.3 is 14.9 Å². The number of epoxide rings is 1. The Hall–Kier alpha value is -0.610. The monoisotopic (exact) mass is 202 g/mol. The zero-order valence-electron chi connectivity index (χ0n) is 8.32. The molecule has 82 valence electrons. The van der Waals surface area contributed by atoms with Crippen molar-refractivity contribution in [2.75, 3.05) is 6.61 Å². The first-order valence-corrected chi connectivity index (χ1v) is 5.22. The molecular formula is C10H18O4. The Morgan fingerprint density at radius 3 is 2.57 bits per heavy atom. The van der Waals surface area contributed by atoms with Gasteiger partial charge in [0.15, 0.2) is 6.10 Å². The summed E-state index contributed by atoms with van der Waals surface area (Å²) in [6, 6.07) is 0. The van der Waals surface area contributed by atoms with E-state index in [1.165, 1.54) is 0 Å². The van der Waals surface area contributed by atoms with E-state index < -0.39 is 12.1 Å². The summed E-state index contributed by atoms with van der Waals surface area (Å²) in [7, 11) is 0. The lowest BCUT2D eigenvalue weighted by Crippen LogP contribution is -2.18. The second-order valence-electron chi connectivity index (χ2n) is 3.80. The van der Waals surface area contributed by atoms with Crippen molar-refractivity contribution in [2.45, 2.75) is 50.7 Å². The summed E-state index contributed by atoms with van der Waals surface area (Å²) < 4.78 is 5.07. The maximum atomic E-state index is 10.3. The maximum Gasteiger partial charge on any atom is 0.332 e. The molecule has 1 saturated heterocycles. The molecule has 1 aliphatic rings. The van der Waals surface area contributed by atoms with Gasteiger partial charge in [-0.3, -0.25) is 0 Å². The van der Waals surface area contributed by atoms with Crippen molar-refractivity contribution in [3.05, 3.63) is 0 Å². The SMILES string of the molecule is O=C(O)C(O)CCCCCCC1CO1. The maximum absolute atomic E-state index is 10.3. The van der Waals surface area contributed by atoms with Crippen molar-refractivity contribution in [1.29, 1.82) is 0 Å². The van der Waals surface area contributed by atoms with Crippen molar-refractivity contribution in [3.63, 3.8) is 0 Å². The highest BCUT2D eigenvalue weighted by molar-refractivity contribution is 5.71. The van der Waals surface area contributed by atoms with Gasteiger partial charge in [-0.15, -0.1) is 0 Å².